The Labute approximate surface area is 168 Å². The minimum atomic E-state index is -0.119. The van der Waals surface area contributed by atoms with Gasteiger partial charge in [-0.2, -0.15) is 0 Å². The van der Waals surface area contributed by atoms with Gasteiger partial charge in [0.1, 0.15) is 23.4 Å². The van der Waals surface area contributed by atoms with Crippen LogP contribution in [0, 0.1) is 0 Å². The molecule has 0 saturated carbocycles. The lowest BCUT2D eigenvalue weighted by molar-refractivity contribution is -0.120. The number of nitrogens with zero attached hydrogens (tertiary/aromatic N) is 3. The molecule has 2 aromatic rings. The molecule has 9 heteroatoms. The van der Waals surface area contributed by atoms with E-state index < -0.39 is 0 Å². The van der Waals surface area contributed by atoms with Gasteiger partial charge in [-0.1, -0.05) is 47.9 Å². The molecule has 1 aromatic carbocycles. The standard InChI is InChI=1S/C17H15N3O2S4/c1-4-20-14(22)12(26-17(20)23)16-19(3)13(21)11(25-16)15-18(2)9-7-5-6-8-10(9)24-15/h5-8H,4H2,1-3H3/b15-11-,16-12-. The molecule has 0 aliphatic carbocycles. The molecule has 0 N–H and O–H groups in total. The molecule has 0 atom stereocenters. The van der Waals surface area contributed by atoms with Gasteiger partial charge in [0.25, 0.3) is 11.5 Å². The highest BCUT2D eigenvalue weighted by atomic mass is 32.2. The van der Waals surface area contributed by atoms with Crippen molar-refractivity contribution in [2.24, 2.45) is 7.05 Å². The molecule has 1 amide bonds. The molecule has 1 aromatic heterocycles. The molecule has 2 aliphatic heterocycles. The number of thiazole rings is 1. The third-order valence-electron chi connectivity index (χ3n) is 4.29. The van der Waals surface area contributed by atoms with E-state index in [0.29, 0.717) is 25.0 Å². The Morgan fingerprint density at radius 2 is 1.85 bits per heavy atom. The lowest BCUT2D eigenvalue weighted by Gasteiger charge is -2.11. The van der Waals surface area contributed by atoms with Crippen LogP contribution in [0.15, 0.2) is 34.0 Å². The van der Waals surface area contributed by atoms with Gasteiger partial charge >= 0.3 is 0 Å². The van der Waals surface area contributed by atoms with Crippen LogP contribution >= 0.6 is 47.1 Å². The van der Waals surface area contributed by atoms with Crippen LogP contribution < -0.4 is 19.7 Å². The Morgan fingerprint density at radius 3 is 2.50 bits per heavy atom. The number of thiocarbonyl (C=S) groups is 1. The van der Waals surface area contributed by atoms with E-state index in [4.69, 9.17) is 12.2 Å². The van der Waals surface area contributed by atoms with Gasteiger partial charge in [0, 0.05) is 25.5 Å². The Balaban J connectivity index is 1.95. The molecule has 2 aliphatic rings. The van der Waals surface area contributed by atoms with Crippen molar-refractivity contribution < 1.29 is 4.79 Å². The Bertz CT molecular complexity index is 1130. The van der Waals surface area contributed by atoms with E-state index in [9.17, 15) is 9.59 Å². The first kappa shape index (κ1) is 17.8. The van der Waals surface area contributed by atoms with Crippen LogP contribution in [-0.4, -0.2) is 33.3 Å². The summed E-state index contributed by atoms with van der Waals surface area (Å²) in [6.07, 6.45) is 0. The highest BCUT2D eigenvalue weighted by Crippen LogP contribution is 2.44. The summed E-state index contributed by atoms with van der Waals surface area (Å²) in [5, 5.41) is 0.897. The minimum absolute atomic E-state index is 0.0890. The number of hydrogen-bond acceptors (Lipinski definition) is 7. The molecule has 0 radical (unpaired) electrons. The Morgan fingerprint density at radius 1 is 1.12 bits per heavy atom. The number of carbonyl (C=O) groups excluding carboxylic acids is 1. The summed E-state index contributed by atoms with van der Waals surface area (Å²) in [4.78, 5) is 30.8. The average molecular weight is 422 g/mol. The molecular formula is C17H15N3O2S4. The summed E-state index contributed by atoms with van der Waals surface area (Å²) in [5.74, 6) is -0.119. The monoisotopic (exact) mass is 421 g/mol. The number of carbonyl (C=O) groups is 1. The zero-order valence-electron chi connectivity index (χ0n) is 14.3. The third kappa shape index (κ3) is 2.57. The molecule has 26 heavy (non-hydrogen) atoms. The summed E-state index contributed by atoms with van der Waals surface area (Å²) in [7, 11) is 3.67. The number of anilines is 1. The number of hydrogen-bond donors (Lipinski definition) is 0. The summed E-state index contributed by atoms with van der Waals surface area (Å²) in [6.45, 7) is 2.43. The van der Waals surface area contributed by atoms with Crippen LogP contribution in [0.3, 0.4) is 0 Å². The first-order chi connectivity index (χ1) is 12.4. The molecule has 134 valence electrons. The third-order valence-corrected chi connectivity index (χ3v) is 8.47. The number of aromatic nitrogens is 1. The van der Waals surface area contributed by atoms with Gasteiger partial charge in [0.2, 0.25) is 0 Å². The van der Waals surface area contributed by atoms with Crippen molar-refractivity contribution in [2.75, 3.05) is 18.5 Å². The van der Waals surface area contributed by atoms with Crippen LogP contribution in [0.4, 0.5) is 5.69 Å². The fourth-order valence-electron chi connectivity index (χ4n) is 2.89. The van der Waals surface area contributed by atoms with E-state index in [-0.39, 0.29) is 11.5 Å². The van der Waals surface area contributed by atoms with Crippen molar-refractivity contribution in [1.82, 2.24) is 9.47 Å². The van der Waals surface area contributed by atoms with Crippen LogP contribution in [0.5, 0.6) is 0 Å². The van der Waals surface area contributed by atoms with Crippen molar-refractivity contribution in [2.45, 2.75) is 11.8 Å². The lowest BCUT2D eigenvalue weighted by atomic mass is 10.3. The number of amides is 1. The summed E-state index contributed by atoms with van der Waals surface area (Å²) >= 11 is 9.51. The van der Waals surface area contributed by atoms with Crippen molar-refractivity contribution in [1.29, 1.82) is 0 Å². The van der Waals surface area contributed by atoms with Crippen molar-refractivity contribution >= 4 is 72.9 Å². The zero-order valence-corrected chi connectivity index (χ0v) is 17.6. The van der Waals surface area contributed by atoms with Crippen molar-refractivity contribution in [3.8, 4) is 0 Å². The minimum Gasteiger partial charge on any atom is -0.337 e. The van der Waals surface area contributed by atoms with Crippen LogP contribution in [0.2, 0.25) is 0 Å². The van der Waals surface area contributed by atoms with E-state index >= 15 is 0 Å². The van der Waals surface area contributed by atoms with E-state index in [1.807, 2.05) is 43.1 Å². The lowest BCUT2D eigenvalue weighted by Crippen LogP contribution is -2.33. The van der Waals surface area contributed by atoms with Gasteiger partial charge in [-0.05, 0) is 19.1 Å². The molecule has 4 rings (SSSR count). The number of thioether (sulfide) groups is 2. The second kappa shape index (κ2) is 6.56. The van der Waals surface area contributed by atoms with Crippen LogP contribution in [0.1, 0.15) is 6.92 Å². The maximum atomic E-state index is 12.9. The SMILES string of the molecule is CCN1C(=O)/C(=c2/s/c(=C3\Sc4ccccc4N3C)c(=O)n2C)SC1=S. The van der Waals surface area contributed by atoms with Crippen molar-refractivity contribution in [3.63, 3.8) is 0 Å². The predicted octanol–water partition coefficient (Wildman–Crippen LogP) is 1.74. The van der Waals surface area contributed by atoms with Gasteiger partial charge in [-0.15, -0.1) is 11.3 Å². The van der Waals surface area contributed by atoms with Gasteiger partial charge < -0.3 is 9.47 Å². The Hall–Kier alpha value is -1.55. The molecular weight excluding hydrogens is 406 g/mol. The first-order valence-electron chi connectivity index (χ1n) is 7.92. The largest absolute Gasteiger partial charge is 0.337 e. The molecule has 1 fully saturated rings. The van der Waals surface area contributed by atoms with Gasteiger partial charge in [-0.3, -0.25) is 14.5 Å². The highest BCUT2D eigenvalue weighted by Gasteiger charge is 2.33. The second-order valence-electron chi connectivity index (χ2n) is 5.78. The second-order valence-corrected chi connectivity index (χ2v) is 9.45. The highest BCUT2D eigenvalue weighted by molar-refractivity contribution is 8.30. The molecule has 0 spiro atoms. The quantitative estimate of drug-likeness (QED) is 0.654. The van der Waals surface area contributed by atoms with E-state index in [1.165, 1.54) is 23.1 Å². The summed E-state index contributed by atoms with van der Waals surface area (Å²) < 4.78 is 3.41. The molecule has 5 nitrogen and oxygen atoms in total. The molecule has 0 bridgehead atoms. The molecule has 3 heterocycles. The molecule has 1 saturated heterocycles. The fraction of sp³-hybridized carbons (Fsp3) is 0.235. The zero-order chi connectivity index (χ0) is 18.6. The smallest absolute Gasteiger partial charge is 0.271 e. The summed E-state index contributed by atoms with van der Waals surface area (Å²) in [5.41, 5.74) is 0.996. The Kier molecular flexibility index (Phi) is 4.50. The van der Waals surface area contributed by atoms with Gasteiger partial charge in [0.05, 0.1) is 5.69 Å². The number of fused-ring (bicyclic) bond motifs is 1. The van der Waals surface area contributed by atoms with E-state index in [2.05, 4.69) is 0 Å². The normalized spacial score (nSPS) is 21.0. The maximum absolute atomic E-state index is 12.9. The number of rotatable bonds is 1. The van der Waals surface area contributed by atoms with Crippen LogP contribution in [-0.2, 0) is 11.8 Å². The topological polar surface area (TPSA) is 45.6 Å². The van der Waals surface area contributed by atoms with Crippen LogP contribution in [0.25, 0.3) is 9.93 Å². The van der Waals surface area contributed by atoms with E-state index in [1.54, 1.807) is 28.3 Å². The van der Waals surface area contributed by atoms with Crippen molar-refractivity contribution in [3.05, 3.63) is 43.8 Å². The predicted molar refractivity (Wildman–Crippen MR) is 114 cm³/mol. The number of para-hydroxylation sites is 1. The van der Waals surface area contributed by atoms with Gasteiger partial charge in [-0.25, -0.2) is 0 Å². The number of benzene rings is 1. The first-order valence-corrected chi connectivity index (χ1v) is 10.8. The van der Waals surface area contributed by atoms with E-state index in [0.717, 1.165) is 15.6 Å². The summed E-state index contributed by atoms with van der Waals surface area (Å²) in [6, 6.07) is 8.06. The fourth-order valence-corrected chi connectivity index (χ4v) is 6.89. The molecule has 0 unspecified atom stereocenters. The maximum Gasteiger partial charge on any atom is 0.271 e. The van der Waals surface area contributed by atoms with Gasteiger partial charge in [0.15, 0.2) is 0 Å². The average Bonchev–Trinajstić information content (AvgIpc) is 3.21.